The highest BCUT2D eigenvalue weighted by Crippen LogP contribution is 1.66. The molecule has 64 valence electrons. The Balaban J connectivity index is -0.000000107. The second kappa shape index (κ2) is 23.6. The van der Waals surface area contributed by atoms with Crippen LogP contribution in [0.5, 0.6) is 0 Å². The maximum Gasteiger partial charge on any atom is 0.0829 e. The van der Waals surface area contributed by atoms with Crippen molar-refractivity contribution in [1.82, 2.24) is 0 Å². The van der Waals surface area contributed by atoms with Crippen LogP contribution in [0.25, 0.3) is 0 Å². The summed E-state index contributed by atoms with van der Waals surface area (Å²) in [6, 6.07) is 0. The second-order valence-corrected chi connectivity index (χ2v) is 0.939. The number of rotatable bonds is 4. The molecule has 0 aliphatic heterocycles. The molecule has 0 aliphatic rings. The maximum absolute atomic E-state index is 4.36. The van der Waals surface area contributed by atoms with E-state index in [0.29, 0.717) is 0 Å². The minimum atomic E-state index is 0. The Kier molecular flexibility index (Phi) is 34.9. The van der Waals surface area contributed by atoms with E-state index in [0.717, 1.165) is 0 Å². The molecule has 0 radical (unpaired) electrons. The first-order chi connectivity index (χ1) is 4.83. The van der Waals surface area contributed by atoms with Gasteiger partial charge in [-0.25, -0.2) is 0 Å². The predicted molar refractivity (Wildman–Crippen MR) is 46.6 cm³/mol. The SMILES string of the molecule is C=COC=C.C=COC=C.O. The van der Waals surface area contributed by atoms with Gasteiger partial charge in [-0.1, -0.05) is 26.3 Å². The average molecular weight is 158 g/mol. The Morgan fingerprint density at radius 3 is 0.818 bits per heavy atom. The molecule has 0 heterocycles. The zero-order chi connectivity index (χ0) is 8.24. The molecule has 0 fully saturated rings. The van der Waals surface area contributed by atoms with Gasteiger partial charge in [0.15, 0.2) is 0 Å². The second-order valence-electron chi connectivity index (χ2n) is 0.939. The molecular formula is C8H14O3. The smallest absolute Gasteiger partial charge is 0.0829 e. The van der Waals surface area contributed by atoms with Crippen LogP contribution in [0.3, 0.4) is 0 Å². The normalized spacial score (nSPS) is 5.09. The van der Waals surface area contributed by atoms with Crippen LogP contribution in [0.1, 0.15) is 0 Å². The third-order valence-electron chi connectivity index (χ3n) is 0.385. The van der Waals surface area contributed by atoms with Gasteiger partial charge in [0.2, 0.25) is 0 Å². The summed E-state index contributed by atoms with van der Waals surface area (Å²) in [5.41, 5.74) is 0. The molecule has 0 saturated carbocycles. The highest BCUT2D eigenvalue weighted by atomic mass is 16.5. The van der Waals surface area contributed by atoms with E-state index < -0.39 is 0 Å². The highest BCUT2D eigenvalue weighted by Gasteiger charge is 1.46. The average Bonchev–Trinajstić information content (AvgIpc) is 1.93. The zero-order valence-electron chi connectivity index (χ0n) is 6.45. The van der Waals surface area contributed by atoms with Gasteiger partial charge in [0.25, 0.3) is 0 Å². The standard InChI is InChI=1S/2C4H6O.H2O/c2*1-3-5-4-2;/h2*3-4H,1-2H2;1H2. The monoisotopic (exact) mass is 158 g/mol. The van der Waals surface area contributed by atoms with E-state index in [4.69, 9.17) is 0 Å². The summed E-state index contributed by atoms with van der Waals surface area (Å²) in [5.74, 6) is 0. The van der Waals surface area contributed by atoms with Gasteiger partial charge in [0, 0.05) is 0 Å². The topological polar surface area (TPSA) is 50.0 Å². The lowest BCUT2D eigenvalue weighted by atomic mass is 11.1. The minimum Gasteiger partial charge on any atom is -0.474 e. The first-order valence-electron chi connectivity index (χ1n) is 2.58. The molecule has 0 spiro atoms. The quantitative estimate of drug-likeness (QED) is 0.585. The van der Waals surface area contributed by atoms with Crippen molar-refractivity contribution in [3.63, 3.8) is 0 Å². The molecule has 0 aromatic heterocycles. The van der Waals surface area contributed by atoms with E-state index in [-0.39, 0.29) is 5.48 Å². The first-order valence-corrected chi connectivity index (χ1v) is 2.58. The number of ether oxygens (including phenoxy) is 2. The van der Waals surface area contributed by atoms with Crippen LogP contribution in [0.4, 0.5) is 0 Å². The molecule has 0 aromatic rings. The van der Waals surface area contributed by atoms with Crippen molar-refractivity contribution < 1.29 is 14.9 Å². The van der Waals surface area contributed by atoms with Crippen LogP contribution in [0.15, 0.2) is 51.4 Å². The summed E-state index contributed by atoms with van der Waals surface area (Å²) in [7, 11) is 0. The van der Waals surface area contributed by atoms with E-state index >= 15 is 0 Å². The van der Waals surface area contributed by atoms with Gasteiger partial charge in [-0.3, -0.25) is 0 Å². The molecule has 0 saturated heterocycles. The van der Waals surface area contributed by atoms with Crippen LogP contribution in [-0.4, -0.2) is 5.48 Å². The summed E-state index contributed by atoms with van der Waals surface area (Å²) >= 11 is 0. The maximum atomic E-state index is 4.36. The Morgan fingerprint density at radius 2 is 0.818 bits per heavy atom. The molecule has 0 amide bonds. The Hall–Kier alpha value is -1.48. The van der Waals surface area contributed by atoms with Gasteiger partial charge in [-0.05, 0) is 0 Å². The molecule has 3 nitrogen and oxygen atoms in total. The number of hydrogen-bond donors (Lipinski definition) is 0. The van der Waals surface area contributed by atoms with E-state index in [2.05, 4.69) is 35.8 Å². The number of hydrogen-bond acceptors (Lipinski definition) is 2. The molecular weight excluding hydrogens is 144 g/mol. The highest BCUT2D eigenvalue weighted by molar-refractivity contribution is 4.57. The molecule has 0 bridgehead atoms. The lowest BCUT2D eigenvalue weighted by molar-refractivity contribution is 0.406. The fraction of sp³-hybridized carbons (Fsp3) is 0. The summed E-state index contributed by atoms with van der Waals surface area (Å²) in [6.45, 7) is 13.0. The van der Waals surface area contributed by atoms with E-state index in [1.165, 1.54) is 25.0 Å². The fourth-order valence-corrected chi connectivity index (χ4v) is 0.136. The van der Waals surface area contributed by atoms with Crippen LogP contribution in [-0.2, 0) is 9.47 Å². The van der Waals surface area contributed by atoms with Crippen molar-refractivity contribution in [3.05, 3.63) is 51.4 Å². The van der Waals surface area contributed by atoms with E-state index in [1.54, 1.807) is 0 Å². The molecule has 0 aliphatic carbocycles. The Bertz CT molecular complexity index is 81.9. The summed E-state index contributed by atoms with van der Waals surface area (Å²) in [5, 5.41) is 0. The molecule has 3 heteroatoms. The molecule has 0 atom stereocenters. The van der Waals surface area contributed by atoms with Crippen LogP contribution < -0.4 is 0 Å². The third-order valence-corrected chi connectivity index (χ3v) is 0.385. The van der Waals surface area contributed by atoms with Crippen molar-refractivity contribution >= 4 is 0 Å². The molecule has 0 rings (SSSR count). The molecule has 11 heavy (non-hydrogen) atoms. The van der Waals surface area contributed by atoms with E-state index in [1.807, 2.05) is 0 Å². The summed E-state index contributed by atoms with van der Waals surface area (Å²) in [4.78, 5) is 0. The van der Waals surface area contributed by atoms with Crippen molar-refractivity contribution in [2.24, 2.45) is 0 Å². The minimum absolute atomic E-state index is 0. The lowest BCUT2D eigenvalue weighted by Gasteiger charge is -1.76. The predicted octanol–water partition coefficient (Wildman–Crippen LogP) is 1.76. The van der Waals surface area contributed by atoms with Gasteiger partial charge in [-0.2, -0.15) is 0 Å². The zero-order valence-corrected chi connectivity index (χ0v) is 6.45. The lowest BCUT2D eigenvalue weighted by Crippen LogP contribution is -1.52. The van der Waals surface area contributed by atoms with Crippen molar-refractivity contribution in [1.29, 1.82) is 0 Å². The summed E-state index contributed by atoms with van der Waals surface area (Å²) < 4.78 is 8.72. The van der Waals surface area contributed by atoms with Crippen LogP contribution in [0, 0.1) is 0 Å². The van der Waals surface area contributed by atoms with Gasteiger partial charge < -0.3 is 14.9 Å². The first kappa shape index (κ1) is 16.3. The van der Waals surface area contributed by atoms with Crippen molar-refractivity contribution in [2.45, 2.75) is 0 Å². The Labute approximate surface area is 67.2 Å². The van der Waals surface area contributed by atoms with Crippen molar-refractivity contribution in [3.8, 4) is 0 Å². The fourth-order valence-electron chi connectivity index (χ4n) is 0.136. The van der Waals surface area contributed by atoms with Crippen LogP contribution in [0.2, 0.25) is 0 Å². The van der Waals surface area contributed by atoms with Crippen molar-refractivity contribution in [2.75, 3.05) is 0 Å². The van der Waals surface area contributed by atoms with Crippen LogP contribution >= 0.6 is 0 Å². The van der Waals surface area contributed by atoms with Gasteiger partial charge in [0.1, 0.15) is 0 Å². The largest absolute Gasteiger partial charge is 0.474 e. The Morgan fingerprint density at radius 1 is 0.636 bits per heavy atom. The third kappa shape index (κ3) is 57.0. The van der Waals surface area contributed by atoms with Gasteiger partial charge in [0.05, 0.1) is 25.0 Å². The molecule has 2 N–H and O–H groups in total. The van der Waals surface area contributed by atoms with E-state index in [9.17, 15) is 0 Å². The van der Waals surface area contributed by atoms with Gasteiger partial charge >= 0.3 is 0 Å². The summed E-state index contributed by atoms with van der Waals surface area (Å²) in [6.07, 6.45) is 5.25. The molecule has 0 aromatic carbocycles. The van der Waals surface area contributed by atoms with Gasteiger partial charge in [-0.15, -0.1) is 0 Å². The molecule has 0 unspecified atom stereocenters.